The number of benzene rings is 1. The van der Waals surface area contributed by atoms with Crippen LogP contribution in [-0.2, 0) is 12.0 Å². The van der Waals surface area contributed by atoms with Gasteiger partial charge in [0.25, 0.3) is 0 Å². The summed E-state index contributed by atoms with van der Waals surface area (Å²) in [5.74, 6) is 0. The van der Waals surface area contributed by atoms with E-state index in [9.17, 15) is 0 Å². The average molecular weight is 318 g/mol. The molecule has 2 heterocycles. The molecule has 1 aromatic carbocycles. The second-order valence-corrected chi connectivity index (χ2v) is 7.44. The number of halogens is 1. The number of likely N-dealkylation sites (tertiary alicyclic amines) is 1. The number of nitrogens with zero attached hydrogens (tertiary/aromatic N) is 1. The van der Waals surface area contributed by atoms with Crippen molar-refractivity contribution in [3.8, 4) is 0 Å². The Bertz CT molecular complexity index is 597. The lowest BCUT2D eigenvalue weighted by Gasteiger charge is -2.39. The molecule has 1 nitrogen and oxygen atoms in total. The van der Waals surface area contributed by atoms with Crippen LogP contribution in [0, 0.1) is 0 Å². The summed E-state index contributed by atoms with van der Waals surface area (Å²) < 4.78 is 0.873. The fraction of sp³-hybridized carbons (Fsp3) is 0.333. The lowest BCUT2D eigenvalue weighted by molar-refractivity contribution is 0.177. The molecular weight excluding hydrogens is 298 g/mol. The smallest absolute Gasteiger partial charge is 0.0931 e. The van der Waals surface area contributed by atoms with Gasteiger partial charge in [-0.15, -0.1) is 17.9 Å². The Hall–Kier alpha value is -1.09. The van der Waals surface area contributed by atoms with E-state index < -0.39 is 0 Å². The molecule has 0 radical (unpaired) electrons. The first-order valence-corrected chi connectivity index (χ1v) is 8.57. The van der Waals surface area contributed by atoms with E-state index in [1.165, 1.54) is 10.4 Å². The fourth-order valence-electron chi connectivity index (χ4n) is 3.08. The first-order valence-electron chi connectivity index (χ1n) is 7.37. The van der Waals surface area contributed by atoms with Crippen LogP contribution in [0.25, 0.3) is 0 Å². The maximum atomic E-state index is 6.11. The summed E-state index contributed by atoms with van der Waals surface area (Å²) in [6, 6.07) is 14.9. The molecule has 0 saturated carbocycles. The highest BCUT2D eigenvalue weighted by Crippen LogP contribution is 2.41. The molecule has 0 atom stereocenters. The van der Waals surface area contributed by atoms with Crippen molar-refractivity contribution >= 4 is 22.9 Å². The lowest BCUT2D eigenvalue weighted by Crippen LogP contribution is -2.40. The zero-order valence-corrected chi connectivity index (χ0v) is 13.7. The Labute approximate surface area is 135 Å². The van der Waals surface area contributed by atoms with Gasteiger partial charge in [0.1, 0.15) is 0 Å². The zero-order chi connectivity index (χ0) is 14.7. The van der Waals surface area contributed by atoms with Crippen molar-refractivity contribution in [3.05, 3.63) is 69.9 Å². The summed E-state index contributed by atoms with van der Waals surface area (Å²) in [5, 5.41) is 0. The molecule has 0 amide bonds. The van der Waals surface area contributed by atoms with Crippen molar-refractivity contribution in [2.75, 3.05) is 13.1 Å². The van der Waals surface area contributed by atoms with Crippen LogP contribution in [0.2, 0.25) is 4.34 Å². The third kappa shape index (κ3) is 3.23. The van der Waals surface area contributed by atoms with Crippen molar-refractivity contribution in [1.29, 1.82) is 0 Å². The Morgan fingerprint density at radius 2 is 1.86 bits per heavy atom. The minimum atomic E-state index is 0.116. The summed E-state index contributed by atoms with van der Waals surface area (Å²) in [5.41, 5.74) is 1.51. The molecule has 21 heavy (non-hydrogen) atoms. The van der Waals surface area contributed by atoms with Crippen LogP contribution in [0.3, 0.4) is 0 Å². The number of allylic oxidation sites excluding steroid dienone is 1. The monoisotopic (exact) mass is 317 g/mol. The van der Waals surface area contributed by atoms with Crippen molar-refractivity contribution in [2.24, 2.45) is 0 Å². The van der Waals surface area contributed by atoms with E-state index in [4.69, 9.17) is 11.6 Å². The van der Waals surface area contributed by atoms with Gasteiger partial charge in [-0.05, 0) is 43.6 Å². The Morgan fingerprint density at radius 3 is 2.43 bits per heavy atom. The van der Waals surface area contributed by atoms with Crippen LogP contribution < -0.4 is 0 Å². The van der Waals surface area contributed by atoms with Crippen LogP contribution in [0.1, 0.15) is 23.3 Å². The standard InChI is InChI=1S/C18H20ClNS/c1-2-18(16-8-9-17(19)21-16)10-12-20(13-11-18)14-15-6-4-3-5-7-15/h2-9H,1,10-14H2. The molecule has 0 bridgehead atoms. The third-order valence-corrected chi connectivity index (χ3v) is 5.90. The van der Waals surface area contributed by atoms with E-state index in [2.05, 4.69) is 54.0 Å². The molecule has 0 N–H and O–H groups in total. The quantitative estimate of drug-likeness (QED) is 0.707. The average Bonchev–Trinajstić information content (AvgIpc) is 2.96. The summed E-state index contributed by atoms with van der Waals surface area (Å²) in [6.07, 6.45) is 4.38. The predicted molar refractivity (Wildman–Crippen MR) is 92.2 cm³/mol. The van der Waals surface area contributed by atoms with Crippen LogP contribution in [0.15, 0.2) is 55.1 Å². The molecule has 0 spiro atoms. The van der Waals surface area contributed by atoms with Crippen LogP contribution in [0.5, 0.6) is 0 Å². The number of hydrogen-bond donors (Lipinski definition) is 0. The number of thiophene rings is 1. The summed E-state index contributed by atoms with van der Waals surface area (Å²) in [4.78, 5) is 3.90. The predicted octanol–water partition coefficient (Wildman–Crippen LogP) is 5.12. The Kier molecular flexibility index (Phi) is 4.48. The van der Waals surface area contributed by atoms with Crippen LogP contribution in [-0.4, -0.2) is 18.0 Å². The molecule has 2 aromatic rings. The maximum absolute atomic E-state index is 6.11. The molecule has 110 valence electrons. The largest absolute Gasteiger partial charge is 0.299 e. The molecule has 1 aromatic heterocycles. The second kappa shape index (κ2) is 6.35. The number of hydrogen-bond acceptors (Lipinski definition) is 2. The first kappa shape index (κ1) is 14.8. The Balaban J connectivity index is 1.67. The third-order valence-electron chi connectivity index (χ3n) is 4.45. The van der Waals surface area contributed by atoms with Crippen LogP contribution in [0.4, 0.5) is 0 Å². The van der Waals surface area contributed by atoms with Crippen molar-refractivity contribution in [1.82, 2.24) is 4.90 Å². The Morgan fingerprint density at radius 1 is 1.14 bits per heavy atom. The van der Waals surface area contributed by atoms with Crippen molar-refractivity contribution in [3.63, 3.8) is 0 Å². The molecular formula is C18H20ClNS. The van der Waals surface area contributed by atoms with Gasteiger partial charge < -0.3 is 0 Å². The van der Waals surface area contributed by atoms with E-state index in [0.717, 1.165) is 36.8 Å². The van der Waals surface area contributed by atoms with Gasteiger partial charge in [-0.3, -0.25) is 4.90 Å². The van der Waals surface area contributed by atoms with Gasteiger partial charge in [-0.2, -0.15) is 0 Å². The normalized spacial score (nSPS) is 18.5. The van der Waals surface area contributed by atoms with Crippen LogP contribution >= 0.6 is 22.9 Å². The minimum absolute atomic E-state index is 0.116. The first-order chi connectivity index (χ1) is 10.2. The zero-order valence-electron chi connectivity index (χ0n) is 12.1. The summed E-state index contributed by atoms with van der Waals surface area (Å²) in [6.45, 7) is 7.35. The molecule has 1 fully saturated rings. The topological polar surface area (TPSA) is 3.24 Å². The van der Waals surface area contributed by atoms with Gasteiger partial charge in [0, 0.05) is 16.8 Å². The SMILES string of the molecule is C=CC1(c2ccc(Cl)s2)CCN(Cc2ccccc2)CC1. The van der Waals surface area contributed by atoms with E-state index in [1.54, 1.807) is 11.3 Å². The molecule has 1 saturated heterocycles. The molecule has 0 aliphatic carbocycles. The minimum Gasteiger partial charge on any atom is -0.299 e. The van der Waals surface area contributed by atoms with E-state index in [-0.39, 0.29) is 5.41 Å². The molecule has 3 rings (SSSR count). The maximum Gasteiger partial charge on any atom is 0.0931 e. The van der Waals surface area contributed by atoms with Gasteiger partial charge in [0.2, 0.25) is 0 Å². The van der Waals surface area contributed by atoms with Gasteiger partial charge in [0.05, 0.1) is 4.34 Å². The van der Waals surface area contributed by atoms with E-state index >= 15 is 0 Å². The highest BCUT2D eigenvalue weighted by Gasteiger charge is 2.34. The highest BCUT2D eigenvalue weighted by atomic mass is 35.5. The highest BCUT2D eigenvalue weighted by molar-refractivity contribution is 7.16. The van der Waals surface area contributed by atoms with Gasteiger partial charge in [-0.25, -0.2) is 0 Å². The van der Waals surface area contributed by atoms with Gasteiger partial charge in [-0.1, -0.05) is 48.0 Å². The fourth-order valence-corrected chi connectivity index (χ4v) is 4.37. The van der Waals surface area contributed by atoms with E-state index in [1.807, 2.05) is 6.07 Å². The molecule has 3 heteroatoms. The summed E-state index contributed by atoms with van der Waals surface area (Å²) in [7, 11) is 0. The van der Waals surface area contributed by atoms with Crippen molar-refractivity contribution < 1.29 is 0 Å². The van der Waals surface area contributed by atoms with Gasteiger partial charge >= 0.3 is 0 Å². The molecule has 0 unspecified atom stereocenters. The molecule has 1 aliphatic heterocycles. The van der Waals surface area contributed by atoms with E-state index in [0.29, 0.717) is 0 Å². The lowest BCUT2D eigenvalue weighted by atomic mass is 9.77. The van der Waals surface area contributed by atoms with Crippen molar-refractivity contribution in [2.45, 2.75) is 24.8 Å². The molecule has 1 aliphatic rings. The summed E-state index contributed by atoms with van der Waals surface area (Å²) >= 11 is 7.81. The second-order valence-electron chi connectivity index (χ2n) is 5.73. The number of rotatable bonds is 4. The van der Waals surface area contributed by atoms with Gasteiger partial charge in [0.15, 0.2) is 0 Å². The number of piperidine rings is 1.